The van der Waals surface area contributed by atoms with Crippen molar-refractivity contribution in [1.29, 1.82) is 0 Å². The number of guanidine groups is 1. The molecule has 2 N–H and O–H groups in total. The van der Waals surface area contributed by atoms with E-state index in [1.54, 1.807) is 25.4 Å². The number of pyridine rings is 1. The van der Waals surface area contributed by atoms with Gasteiger partial charge in [0.05, 0.1) is 0 Å². The van der Waals surface area contributed by atoms with Crippen LogP contribution in [0, 0.1) is 5.82 Å². The van der Waals surface area contributed by atoms with Gasteiger partial charge >= 0.3 is 0 Å². The maximum atomic E-state index is 13.0. The number of aliphatic imine (C=N–C) groups is 1. The topological polar surface area (TPSA) is 61.8 Å². The van der Waals surface area contributed by atoms with Gasteiger partial charge in [0, 0.05) is 51.0 Å². The molecule has 0 fully saturated rings. The zero-order valence-electron chi connectivity index (χ0n) is 17.9. The van der Waals surface area contributed by atoms with Crippen LogP contribution in [0.4, 0.5) is 4.39 Å². The quantitative estimate of drug-likeness (QED) is 0.494. The van der Waals surface area contributed by atoms with Crippen LogP contribution in [0.15, 0.2) is 47.6 Å². The predicted molar refractivity (Wildman–Crippen MR) is 116 cm³/mol. The molecule has 0 spiro atoms. The number of halogens is 1. The van der Waals surface area contributed by atoms with Gasteiger partial charge in [-0.05, 0) is 63.6 Å². The Bertz CT molecular complexity index is 769. The molecule has 0 saturated carbocycles. The second-order valence-corrected chi connectivity index (χ2v) is 7.34. The minimum atomic E-state index is -0.299. The number of benzene rings is 1. The number of hydrogen-bond acceptors (Lipinski definition) is 4. The Morgan fingerprint density at radius 3 is 2.41 bits per heavy atom. The molecule has 0 amide bonds. The van der Waals surface area contributed by atoms with Gasteiger partial charge in [-0.3, -0.25) is 9.89 Å². The molecule has 29 heavy (non-hydrogen) atoms. The number of hydrogen-bond donors (Lipinski definition) is 2. The summed E-state index contributed by atoms with van der Waals surface area (Å²) >= 11 is 0. The molecule has 0 atom stereocenters. The van der Waals surface area contributed by atoms with Crippen LogP contribution < -0.4 is 15.4 Å². The smallest absolute Gasteiger partial charge is 0.219 e. The van der Waals surface area contributed by atoms with Gasteiger partial charge in [0.25, 0.3) is 0 Å². The molecule has 0 saturated heterocycles. The Balaban J connectivity index is 1.85. The highest BCUT2D eigenvalue weighted by Crippen LogP contribution is 2.20. The molecule has 0 aliphatic carbocycles. The van der Waals surface area contributed by atoms with Gasteiger partial charge in [-0.2, -0.15) is 0 Å². The van der Waals surface area contributed by atoms with Crippen LogP contribution in [-0.4, -0.2) is 48.1 Å². The Labute approximate surface area is 173 Å². The molecule has 158 valence electrons. The van der Waals surface area contributed by atoms with Crippen molar-refractivity contribution in [3.63, 3.8) is 0 Å². The van der Waals surface area contributed by atoms with E-state index in [0.29, 0.717) is 30.3 Å². The fourth-order valence-electron chi connectivity index (χ4n) is 3.06. The highest BCUT2D eigenvalue weighted by molar-refractivity contribution is 5.79. The summed E-state index contributed by atoms with van der Waals surface area (Å²) in [4.78, 5) is 10.9. The van der Waals surface area contributed by atoms with Gasteiger partial charge in [-0.25, -0.2) is 9.37 Å². The SMILES string of the molecule is CN=C(NCCN(C(C)C)C(C)C)NCc1ccnc(Oc2ccc(F)cc2)c1. The normalized spacial score (nSPS) is 12.0. The lowest BCUT2D eigenvalue weighted by Crippen LogP contribution is -2.45. The van der Waals surface area contributed by atoms with Crippen LogP contribution in [0.1, 0.15) is 33.3 Å². The average molecular weight is 402 g/mol. The molecular weight excluding hydrogens is 369 g/mol. The fourth-order valence-corrected chi connectivity index (χ4v) is 3.06. The van der Waals surface area contributed by atoms with Crippen molar-refractivity contribution in [3.05, 3.63) is 54.0 Å². The Morgan fingerprint density at radius 2 is 1.79 bits per heavy atom. The molecule has 2 aromatic rings. The van der Waals surface area contributed by atoms with E-state index in [9.17, 15) is 4.39 Å². The van der Waals surface area contributed by atoms with E-state index in [2.05, 4.69) is 53.2 Å². The summed E-state index contributed by atoms with van der Waals surface area (Å²) in [6.45, 7) is 11.2. The lowest BCUT2D eigenvalue weighted by Gasteiger charge is -2.30. The van der Waals surface area contributed by atoms with Gasteiger partial charge in [0.1, 0.15) is 11.6 Å². The van der Waals surface area contributed by atoms with Crippen molar-refractivity contribution in [1.82, 2.24) is 20.5 Å². The number of aromatic nitrogens is 1. The molecule has 0 radical (unpaired) electrons. The van der Waals surface area contributed by atoms with E-state index < -0.39 is 0 Å². The molecule has 0 unspecified atom stereocenters. The van der Waals surface area contributed by atoms with E-state index in [-0.39, 0.29) is 5.82 Å². The highest BCUT2D eigenvalue weighted by Gasteiger charge is 2.12. The second kappa shape index (κ2) is 11.4. The van der Waals surface area contributed by atoms with Crippen LogP contribution in [0.5, 0.6) is 11.6 Å². The predicted octanol–water partition coefficient (Wildman–Crippen LogP) is 3.80. The molecule has 0 aliphatic rings. The molecular formula is C22H32FN5O. The molecule has 1 aromatic heterocycles. The number of nitrogens with one attached hydrogen (secondary N) is 2. The first-order chi connectivity index (χ1) is 13.9. The molecule has 2 rings (SSSR count). The Morgan fingerprint density at radius 1 is 1.10 bits per heavy atom. The molecule has 0 aliphatic heterocycles. The second-order valence-electron chi connectivity index (χ2n) is 7.34. The molecule has 1 aromatic carbocycles. The van der Waals surface area contributed by atoms with Crippen molar-refractivity contribution in [2.45, 2.75) is 46.3 Å². The summed E-state index contributed by atoms with van der Waals surface area (Å²) in [6.07, 6.45) is 1.69. The van der Waals surface area contributed by atoms with Crippen molar-refractivity contribution in [3.8, 4) is 11.6 Å². The van der Waals surface area contributed by atoms with Gasteiger partial charge in [0.15, 0.2) is 5.96 Å². The molecule has 1 heterocycles. The van der Waals surface area contributed by atoms with Crippen LogP contribution in [0.2, 0.25) is 0 Å². The monoisotopic (exact) mass is 401 g/mol. The lowest BCUT2D eigenvalue weighted by atomic mass is 10.2. The zero-order chi connectivity index (χ0) is 21.2. The molecule has 6 nitrogen and oxygen atoms in total. The van der Waals surface area contributed by atoms with E-state index in [0.717, 1.165) is 24.6 Å². The minimum absolute atomic E-state index is 0.299. The first-order valence-electron chi connectivity index (χ1n) is 9.97. The highest BCUT2D eigenvalue weighted by atomic mass is 19.1. The Kier molecular flexibility index (Phi) is 8.86. The number of ether oxygens (including phenoxy) is 1. The van der Waals surface area contributed by atoms with Crippen molar-refractivity contribution >= 4 is 5.96 Å². The first kappa shape index (κ1) is 22.6. The number of rotatable bonds is 9. The largest absolute Gasteiger partial charge is 0.439 e. The maximum absolute atomic E-state index is 13.0. The maximum Gasteiger partial charge on any atom is 0.219 e. The standard InChI is InChI=1S/C22H32FN5O/c1-16(2)28(17(3)4)13-12-26-22(24-5)27-15-18-10-11-25-21(14-18)29-20-8-6-19(23)7-9-20/h6-11,14,16-17H,12-13,15H2,1-5H3,(H2,24,26,27). The summed E-state index contributed by atoms with van der Waals surface area (Å²) in [5, 5.41) is 6.66. The van der Waals surface area contributed by atoms with Gasteiger partial charge < -0.3 is 15.4 Å². The summed E-state index contributed by atoms with van der Waals surface area (Å²) in [5.41, 5.74) is 1.01. The van der Waals surface area contributed by atoms with Crippen LogP contribution in [0.3, 0.4) is 0 Å². The average Bonchev–Trinajstić information content (AvgIpc) is 2.69. The number of nitrogens with zero attached hydrogens (tertiary/aromatic N) is 3. The Hall–Kier alpha value is -2.67. The van der Waals surface area contributed by atoms with E-state index in [4.69, 9.17) is 4.74 Å². The fraction of sp³-hybridized carbons (Fsp3) is 0.455. The van der Waals surface area contributed by atoms with Crippen LogP contribution in [-0.2, 0) is 6.54 Å². The third kappa shape index (κ3) is 7.69. The van der Waals surface area contributed by atoms with Gasteiger partial charge in [-0.15, -0.1) is 0 Å². The molecule has 0 bridgehead atoms. The van der Waals surface area contributed by atoms with E-state index in [1.165, 1.54) is 12.1 Å². The van der Waals surface area contributed by atoms with Crippen LogP contribution in [0.25, 0.3) is 0 Å². The first-order valence-corrected chi connectivity index (χ1v) is 9.97. The van der Waals surface area contributed by atoms with Crippen molar-refractivity contribution in [2.24, 2.45) is 4.99 Å². The summed E-state index contributed by atoms with van der Waals surface area (Å²) < 4.78 is 18.7. The lowest BCUT2D eigenvalue weighted by molar-refractivity contribution is 0.178. The minimum Gasteiger partial charge on any atom is -0.439 e. The van der Waals surface area contributed by atoms with Gasteiger partial charge in [-0.1, -0.05) is 0 Å². The van der Waals surface area contributed by atoms with Crippen molar-refractivity contribution in [2.75, 3.05) is 20.1 Å². The van der Waals surface area contributed by atoms with Gasteiger partial charge in [0.2, 0.25) is 5.88 Å². The summed E-state index contributed by atoms with van der Waals surface area (Å²) in [7, 11) is 1.76. The van der Waals surface area contributed by atoms with E-state index >= 15 is 0 Å². The third-order valence-corrected chi connectivity index (χ3v) is 4.51. The van der Waals surface area contributed by atoms with E-state index in [1.807, 2.05) is 12.1 Å². The van der Waals surface area contributed by atoms with Crippen molar-refractivity contribution < 1.29 is 9.13 Å². The van der Waals surface area contributed by atoms with Crippen LogP contribution >= 0.6 is 0 Å². The third-order valence-electron chi connectivity index (χ3n) is 4.51. The summed E-state index contributed by atoms with van der Waals surface area (Å²) in [5.74, 6) is 1.45. The molecule has 7 heteroatoms. The summed E-state index contributed by atoms with van der Waals surface area (Å²) in [6, 6.07) is 10.6. The zero-order valence-corrected chi connectivity index (χ0v) is 17.9.